The molecule has 10 heteroatoms. The molecule has 0 saturated carbocycles. The average Bonchev–Trinajstić information content (AvgIpc) is 3.95. The molecule has 2 aromatic heterocycles. The predicted molar refractivity (Wildman–Crippen MR) is 208 cm³/mol. The van der Waals surface area contributed by atoms with Crippen LogP contribution < -0.4 is 0 Å². The van der Waals surface area contributed by atoms with E-state index < -0.39 is 11.2 Å². The van der Waals surface area contributed by atoms with E-state index >= 15 is 0 Å². The SMILES string of the molecule is CCCCC1(Cc2ccc(-c3ccccc3-c3nnnn3C(c3ccccc3)(c3ccccc3)c3ccccc3)cc2)N=C(Cl)C(c2nc(C)no2)=N1. The van der Waals surface area contributed by atoms with Crippen LogP contribution in [-0.4, -0.2) is 46.9 Å². The summed E-state index contributed by atoms with van der Waals surface area (Å²) < 4.78 is 7.38. The highest BCUT2D eigenvalue weighted by atomic mass is 35.5. The highest BCUT2D eigenvalue weighted by Gasteiger charge is 2.42. The first-order valence-corrected chi connectivity index (χ1v) is 18.2. The molecule has 53 heavy (non-hydrogen) atoms. The lowest BCUT2D eigenvalue weighted by molar-refractivity contribution is 0.396. The van der Waals surface area contributed by atoms with Gasteiger partial charge < -0.3 is 4.52 Å². The lowest BCUT2D eigenvalue weighted by Crippen LogP contribution is -2.39. The molecule has 0 fully saturated rings. The van der Waals surface area contributed by atoms with Crippen LogP contribution in [0.25, 0.3) is 22.5 Å². The Labute approximate surface area is 313 Å². The zero-order valence-electron chi connectivity index (χ0n) is 29.5. The molecule has 5 aromatic carbocycles. The van der Waals surface area contributed by atoms with Crippen molar-refractivity contribution in [3.8, 4) is 22.5 Å². The van der Waals surface area contributed by atoms with E-state index in [1.807, 2.05) is 35.0 Å². The summed E-state index contributed by atoms with van der Waals surface area (Å²) in [6.45, 7) is 3.93. The van der Waals surface area contributed by atoms with Crippen LogP contribution in [0.4, 0.5) is 0 Å². The number of tetrazole rings is 1. The summed E-state index contributed by atoms with van der Waals surface area (Å²) >= 11 is 6.66. The third-order valence-electron chi connectivity index (χ3n) is 9.76. The van der Waals surface area contributed by atoms with Gasteiger partial charge in [-0.1, -0.05) is 170 Å². The summed E-state index contributed by atoms with van der Waals surface area (Å²) in [5.74, 6) is 1.46. The Hall–Kier alpha value is -6.06. The Morgan fingerprint density at radius 3 is 1.87 bits per heavy atom. The zero-order valence-corrected chi connectivity index (χ0v) is 30.2. The van der Waals surface area contributed by atoms with Crippen molar-refractivity contribution in [3.63, 3.8) is 0 Å². The molecule has 3 heterocycles. The van der Waals surface area contributed by atoms with Gasteiger partial charge in [-0.05, 0) is 63.6 Å². The summed E-state index contributed by atoms with van der Waals surface area (Å²) in [4.78, 5) is 14.2. The molecule has 0 aliphatic carbocycles. The molecule has 8 rings (SSSR count). The monoisotopic (exact) mass is 716 g/mol. The summed E-state index contributed by atoms with van der Waals surface area (Å²) in [5, 5.41) is 18.0. The van der Waals surface area contributed by atoms with Crippen LogP contribution in [-0.2, 0) is 12.0 Å². The van der Waals surface area contributed by atoms with Gasteiger partial charge in [-0.2, -0.15) is 4.98 Å². The molecule has 0 spiro atoms. The van der Waals surface area contributed by atoms with Gasteiger partial charge >= 0.3 is 0 Å². The van der Waals surface area contributed by atoms with E-state index in [4.69, 9.17) is 36.4 Å². The van der Waals surface area contributed by atoms with Crippen LogP contribution in [0.1, 0.15) is 60.2 Å². The van der Waals surface area contributed by atoms with E-state index in [0.29, 0.717) is 34.8 Å². The molecule has 0 amide bonds. The molecule has 1 unspecified atom stereocenters. The maximum Gasteiger partial charge on any atom is 0.279 e. The highest BCUT2D eigenvalue weighted by molar-refractivity contribution is 6.86. The van der Waals surface area contributed by atoms with E-state index in [9.17, 15) is 0 Å². The van der Waals surface area contributed by atoms with E-state index in [1.165, 1.54) is 0 Å². The summed E-state index contributed by atoms with van der Waals surface area (Å²) in [6, 6.07) is 48.1. The summed E-state index contributed by atoms with van der Waals surface area (Å²) in [6.07, 6.45) is 3.28. The van der Waals surface area contributed by atoms with Crippen molar-refractivity contribution < 1.29 is 4.52 Å². The van der Waals surface area contributed by atoms with Crippen LogP contribution in [0.5, 0.6) is 0 Å². The Balaban J connectivity index is 1.20. The van der Waals surface area contributed by atoms with E-state index in [2.05, 4.69) is 131 Å². The van der Waals surface area contributed by atoms with E-state index in [0.717, 1.165) is 58.2 Å². The van der Waals surface area contributed by atoms with Gasteiger partial charge in [-0.15, -0.1) is 5.10 Å². The second kappa shape index (κ2) is 14.5. The molecule has 0 bridgehead atoms. The van der Waals surface area contributed by atoms with Gasteiger partial charge in [-0.3, -0.25) is 0 Å². The van der Waals surface area contributed by atoms with Crippen molar-refractivity contribution in [2.24, 2.45) is 9.98 Å². The van der Waals surface area contributed by atoms with Crippen molar-refractivity contribution in [2.45, 2.75) is 50.7 Å². The fourth-order valence-corrected chi connectivity index (χ4v) is 7.61. The summed E-state index contributed by atoms with van der Waals surface area (Å²) in [5.41, 5.74) is 5.99. The Bertz CT molecular complexity index is 2290. The molecule has 262 valence electrons. The van der Waals surface area contributed by atoms with Crippen molar-refractivity contribution in [2.75, 3.05) is 0 Å². The van der Waals surface area contributed by atoms with Gasteiger partial charge in [0.1, 0.15) is 5.54 Å². The number of hydrogen-bond donors (Lipinski definition) is 0. The number of hydrogen-bond acceptors (Lipinski definition) is 8. The fourth-order valence-electron chi connectivity index (χ4n) is 7.33. The minimum Gasteiger partial charge on any atom is -0.332 e. The van der Waals surface area contributed by atoms with Crippen molar-refractivity contribution >= 4 is 22.5 Å². The third-order valence-corrected chi connectivity index (χ3v) is 10.0. The fraction of sp³-hybridized carbons (Fsp3) is 0.186. The smallest absolute Gasteiger partial charge is 0.279 e. The van der Waals surface area contributed by atoms with Gasteiger partial charge in [0.05, 0.1) is 0 Å². The van der Waals surface area contributed by atoms with Gasteiger partial charge in [0.15, 0.2) is 28.2 Å². The largest absolute Gasteiger partial charge is 0.332 e. The number of nitrogens with zero attached hydrogens (tertiary/aromatic N) is 8. The number of benzene rings is 5. The highest BCUT2D eigenvalue weighted by Crippen LogP contribution is 2.43. The summed E-state index contributed by atoms with van der Waals surface area (Å²) in [7, 11) is 0. The molecular weight excluding hydrogens is 680 g/mol. The number of halogens is 1. The van der Waals surface area contributed by atoms with Crippen molar-refractivity contribution in [1.29, 1.82) is 0 Å². The number of aryl methyl sites for hydroxylation is 1. The quantitative estimate of drug-likeness (QED) is 0.117. The predicted octanol–water partition coefficient (Wildman–Crippen LogP) is 9.11. The van der Waals surface area contributed by atoms with E-state index in [-0.39, 0.29) is 0 Å². The number of aliphatic imine (C=N–C) groups is 2. The molecule has 7 aromatic rings. The molecule has 0 radical (unpaired) electrons. The lowest BCUT2D eigenvalue weighted by atomic mass is 9.77. The first kappa shape index (κ1) is 34.0. The van der Waals surface area contributed by atoms with Crippen molar-refractivity contribution in [3.05, 3.63) is 173 Å². The molecule has 1 aliphatic heterocycles. The standard InChI is InChI=1S/C43H37ClN8O/c1-3-4-28-42(46-38(39(44)47-42)41-45-30(2)49-53-41)29-31-24-26-32(27-25-31)36-22-14-15-23-37(36)40-48-50-51-52(40)43(33-16-8-5-9-17-33,34-18-10-6-11-19-34)35-20-12-7-13-21-35/h5-27H,3-4,28-29H2,1-2H3. The minimum absolute atomic E-state index is 0.291. The van der Waals surface area contributed by atoms with E-state index in [1.54, 1.807) is 6.92 Å². The Kier molecular flexibility index (Phi) is 9.33. The second-order valence-electron chi connectivity index (χ2n) is 13.2. The van der Waals surface area contributed by atoms with Crippen LogP contribution in [0, 0.1) is 6.92 Å². The second-order valence-corrected chi connectivity index (χ2v) is 13.6. The molecule has 9 nitrogen and oxygen atoms in total. The number of unbranched alkanes of at least 4 members (excludes halogenated alkanes) is 1. The average molecular weight is 717 g/mol. The minimum atomic E-state index is -0.866. The van der Waals surface area contributed by atoms with Crippen LogP contribution in [0.2, 0.25) is 0 Å². The van der Waals surface area contributed by atoms with Crippen molar-refractivity contribution in [1.82, 2.24) is 30.3 Å². The maximum absolute atomic E-state index is 6.66. The van der Waals surface area contributed by atoms with Gasteiger partial charge in [0.2, 0.25) is 0 Å². The number of rotatable bonds is 12. The molecule has 0 saturated heterocycles. The van der Waals surface area contributed by atoms with Crippen LogP contribution in [0.3, 0.4) is 0 Å². The first-order valence-electron chi connectivity index (χ1n) is 17.8. The van der Waals surface area contributed by atoms with Crippen LogP contribution >= 0.6 is 11.6 Å². The first-order chi connectivity index (χ1) is 26.0. The molecule has 1 aliphatic rings. The lowest BCUT2D eigenvalue weighted by Gasteiger charge is -2.36. The van der Waals surface area contributed by atoms with Crippen LogP contribution in [0.15, 0.2) is 154 Å². The Morgan fingerprint density at radius 2 is 1.30 bits per heavy atom. The van der Waals surface area contributed by atoms with Gasteiger partial charge in [0, 0.05) is 12.0 Å². The molecule has 1 atom stereocenters. The molecular formula is C43H37ClN8O. The van der Waals surface area contributed by atoms with Gasteiger partial charge in [0.25, 0.3) is 5.89 Å². The third kappa shape index (κ3) is 6.38. The topological polar surface area (TPSA) is 107 Å². The van der Waals surface area contributed by atoms with Gasteiger partial charge in [-0.25, -0.2) is 14.7 Å². The zero-order chi connectivity index (χ0) is 36.3. The maximum atomic E-state index is 6.66. The Morgan fingerprint density at radius 1 is 0.717 bits per heavy atom. The number of aromatic nitrogens is 6. The molecule has 0 N–H and O–H groups in total. The normalized spacial score (nSPS) is 15.7.